The highest BCUT2D eigenvalue weighted by molar-refractivity contribution is 5.95. The Morgan fingerprint density at radius 3 is 2.68 bits per heavy atom. The average molecular weight is 262 g/mol. The zero-order chi connectivity index (χ0) is 14.4. The number of anilines is 1. The van der Waals surface area contributed by atoms with Crippen molar-refractivity contribution in [2.45, 2.75) is 6.92 Å². The van der Waals surface area contributed by atoms with Crippen LogP contribution in [0.15, 0.2) is 18.2 Å². The zero-order valence-electron chi connectivity index (χ0n) is 10.4. The summed E-state index contributed by atoms with van der Waals surface area (Å²) in [6.45, 7) is 2.36. The molecule has 0 atom stereocenters. The normalized spacial score (nSPS) is 9.47. The summed E-state index contributed by atoms with van der Waals surface area (Å²) in [5.74, 6) is 0.722. The molecule has 0 heterocycles. The summed E-state index contributed by atoms with van der Waals surface area (Å²) in [5, 5.41) is 20.7. The third-order valence-corrected chi connectivity index (χ3v) is 2.43. The molecular formula is C13H14N2O4. The minimum atomic E-state index is -1.27. The van der Waals surface area contributed by atoms with Crippen LogP contribution in [-0.2, 0) is 0 Å². The number of terminal acetylenes is 1. The van der Waals surface area contributed by atoms with E-state index in [1.165, 1.54) is 23.1 Å². The summed E-state index contributed by atoms with van der Waals surface area (Å²) in [4.78, 5) is 24.0. The van der Waals surface area contributed by atoms with Crippen molar-refractivity contribution in [1.29, 1.82) is 0 Å². The van der Waals surface area contributed by atoms with Crippen LogP contribution in [0, 0.1) is 12.3 Å². The summed E-state index contributed by atoms with van der Waals surface area (Å²) in [7, 11) is 0. The van der Waals surface area contributed by atoms with E-state index in [9.17, 15) is 14.7 Å². The Morgan fingerprint density at radius 1 is 1.47 bits per heavy atom. The Morgan fingerprint density at radius 2 is 2.16 bits per heavy atom. The van der Waals surface area contributed by atoms with Crippen molar-refractivity contribution in [3.05, 3.63) is 23.8 Å². The maximum atomic E-state index is 11.8. The Labute approximate surface area is 110 Å². The number of carbonyl (C=O) groups is 2. The fraction of sp³-hybridized carbons (Fsp3) is 0.231. The van der Waals surface area contributed by atoms with Gasteiger partial charge in [-0.2, -0.15) is 0 Å². The van der Waals surface area contributed by atoms with Gasteiger partial charge in [0.15, 0.2) is 0 Å². The van der Waals surface area contributed by atoms with Gasteiger partial charge in [-0.05, 0) is 25.1 Å². The molecule has 0 saturated heterocycles. The smallest absolute Gasteiger partial charge is 0.339 e. The highest BCUT2D eigenvalue weighted by atomic mass is 16.4. The van der Waals surface area contributed by atoms with E-state index < -0.39 is 12.0 Å². The minimum absolute atomic E-state index is 0.159. The standard InChI is InChI=1S/C13H14N2O4/c1-3-7-15(4-2)13(19)14-9-5-6-11(16)10(8-9)12(17)18/h1,5-6,8,16H,4,7H2,2H3,(H,14,19)(H,17,18). The summed E-state index contributed by atoms with van der Waals surface area (Å²) >= 11 is 0. The van der Waals surface area contributed by atoms with E-state index in [2.05, 4.69) is 11.2 Å². The van der Waals surface area contributed by atoms with Crippen LogP contribution in [0.25, 0.3) is 0 Å². The number of nitrogens with one attached hydrogen (secondary N) is 1. The van der Waals surface area contributed by atoms with Crippen molar-refractivity contribution in [2.24, 2.45) is 0 Å². The van der Waals surface area contributed by atoms with Crippen molar-refractivity contribution in [3.63, 3.8) is 0 Å². The van der Waals surface area contributed by atoms with Crippen molar-refractivity contribution in [1.82, 2.24) is 4.90 Å². The zero-order valence-corrected chi connectivity index (χ0v) is 10.4. The van der Waals surface area contributed by atoms with Gasteiger partial charge >= 0.3 is 12.0 Å². The van der Waals surface area contributed by atoms with Gasteiger partial charge in [0.2, 0.25) is 0 Å². The minimum Gasteiger partial charge on any atom is -0.507 e. The van der Waals surface area contributed by atoms with Gasteiger partial charge in [-0.3, -0.25) is 0 Å². The SMILES string of the molecule is C#CCN(CC)C(=O)Nc1ccc(O)c(C(=O)O)c1. The number of aromatic carboxylic acids is 1. The van der Waals surface area contributed by atoms with Crippen LogP contribution in [0.4, 0.5) is 10.5 Å². The van der Waals surface area contributed by atoms with E-state index in [-0.39, 0.29) is 23.5 Å². The summed E-state index contributed by atoms with van der Waals surface area (Å²) in [6.07, 6.45) is 5.14. The summed E-state index contributed by atoms with van der Waals surface area (Å²) < 4.78 is 0. The van der Waals surface area contributed by atoms with Gasteiger partial charge in [-0.15, -0.1) is 6.42 Å². The second kappa shape index (κ2) is 6.31. The molecule has 0 unspecified atom stereocenters. The number of benzene rings is 1. The Hall–Kier alpha value is -2.68. The quantitative estimate of drug-likeness (QED) is 0.567. The molecule has 6 heteroatoms. The molecule has 0 aliphatic rings. The topological polar surface area (TPSA) is 89.9 Å². The number of amides is 2. The van der Waals surface area contributed by atoms with E-state index in [0.717, 1.165) is 0 Å². The van der Waals surface area contributed by atoms with Crippen LogP contribution in [0.5, 0.6) is 5.75 Å². The molecule has 1 aromatic carbocycles. The van der Waals surface area contributed by atoms with E-state index >= 15 is 0 Å². The molecule has 3 N–H and O–H groups in total. The third-order valence-electron chi connectivity index (χ3n) is 2.43. The number of carboxylic acid groups (broad SMARTS) is 1. The lowest BCUT2D eigenvalue weighted by Crippen LogP contribution is -2.35. The molecule has 0 bridgehead atoms. The molecule has 1 rings (SSSR count). The van der Waals surface area contributed by atoms with Gasteiger partial charge < -0.3 is 20.4 Å². The molecule has 0 aliphatic carbocycles. The number of nitrogens with zero attached hydrogens (tertiary/aromatic N) is 1. The first-order chi connectivity index (χ1) is 8.99. The van der Waals surface area contributed by atoms with Gasteiger partial charge in [0, 0.05) is 12.2 Å². The van der Waals surface area contributed by atoms with Crippen molar-refractivity contribution < 1.29 is 19.8 Å². The number of hydrogen-bond donors (Lipinski definition) is 3. The van der Waals surface area contributed by atoms with E-state index in [1.807, 2.05) is 0 Å². The Bertz CT molecular complexity index is 534. The first-order valence-corrected chi connectivity index (χ1v) is 5.55. The van der Waals surface area contributed by atoms with Crippen LogP contribution < -0.4 is 5.32 Å². The lowest BCUT2D eigenvalue weighted by molar-refractivity contribution is 0.0693. The molecule has 1 aromatic rings. The van der Waals surface area contributed by atoms with E-state index in [4.69, 9.17) is 11.5 Å². The van der Waals surface area contributed by atoms with E-state index in [1.54, 1.807) is 6.92 Å². The highest BCUT2D eigenvalue weighted by Gasteiger charge is 2.14. The van der Waals surface area contributed by atoms with Crippen LogP contribution in [0.1, 0.15) is 17.3 Å². The fourth-order valence-corrected chi connectivity index (χ4v) is 1.43. The monoisotopic (exact) mass is 262 g/mol. The van der Waals surface area contributed by atoms with Gasteiger partial charge in [0.1, 0.15) is 11.3 Å². The highest BCUT2D eigenvalue weighted by Crippen LogP contribution is 2.21. The molecule has 0 saturated carbocycles. The molecule has 100 valence electrons. The van der Waals surface area contributed by atoms with Gasteiger partial charge in [-0.1, -0.05) is 5.92 Å². The third kappa shape index (κ3) is 3.64. The fourth-order valence-electron chi connectivity index (χ4n) is 1.43. The molecule has 2 amide bonds. The second-order valence-corrected chi connectivity index (χ2v) is 3.69. The first kappa shape index (κ1) is 14.4. The lowest BCUT2D eigenvalue weighted by Gasteiger charge is -2.18. The lowest BCUT2D eigenvalue weighted by atomic mass is 10.2. The molecule has 0 radical (unpaired) electrons. The molecule has 0 spiro atoms. The largest absolute Gasteiger partial charge is 0.507 e. The maximum Gasteiger partial charge on any atom is 0.339 e. The number of carboxylic acids is 1. The Kier molecular flexibility index (Phi) is 4.77. The van der Waals surface area contributed by atoms with Crippen LogP contribution in [-0.4, -0.2) is 40.2 Å². The van der Waals surface area contributed by atoms with E-state index in [0.29, 0.717) is 6.54 Å². The van der Waals surface area contributed by atoms with Crippen molar-refractivity contribution in [3.8, 4) is 18.1 Å². The molecular weight excluding hydrogens is 248 g/mol. The summed E-state index contributed by atoms with van der Waals surface area (Å²) in [5.41, 5.74) is -0.00605. The molecule has 6 nitrogen and oxygen atoms in total. The number of rotatable bonds is 4. The number of aromatic hydroxyl groups is 1. The van der Waals surface area contributed by atoms with Gasteiger partial charge in [0.05, 0.1) is 6.54 Å². The van der Waals surface area contributed by atoms with Crippen LogP contribution >= 0.6 is 0 Å². The predicted octanol–water partition coefficient (Wildman–Crippen LogP) is 1.58. The summed E-state index contributed by atoms with van der Waals surface area (Å²) in [6, 6.07) is 3.36. The van der Waals surface area contributed by atoms with Crippen LogP contribution in [0.2, 0.25) is 0 Å². The Balaban J connectivity index is 2.88. The van der Waals surface area contributed by atoms with Gasteiger partial charge in [-0.25, -0.2) is 9.59 Å². The predicted molar refractivity (Wildman–Crippen MR) is 70.2 cm³/mol. The molecule has 0 aliphatic heterocycles. The number of hydrogen-bond acceptors (Lipinski definition) is 3. The van der Waals surface area contributed by atoms with Gasteiger partial charge in [0.25, 0.3) is 0 Å². The van der Waals surface area contributed by atoms with Crippen molar-refractivity contribution in [2.75, 3.05) is 18.4 Å². The number of urea groups is 1. The maximum absolute atomic E-state index is 11.8. The average Bonchev–Trinajstić information content (AvgIpc) is 2.37. The number of phenols is 1. The first-order valence-electron chi connectivity index (χ1n) is 5.55. The molecule has 19 heavy (non-hydrogen) atoms. The molecule has 0 fully saturated rings. The second-order valence-electron chi connectivity index (χ2n) is 3.69. The molecule has 0 aromatic heterocycles. The van der Waals surface area contributed by atoms with Crippen molar-refractivity contribution >= 4 is 17.7 Å². The number of carbonyl (C=O) groups excluding carboxylic acids is 1. The van der Waals surface area contributed by atoms with Crippen LogP contribution in [0.3, 0.4) is 0 Å².